The third-order valence-corrected chi connectivity index (χ3v) is 4.93. The van der Waals surface area contributed by atoms with Gasteiger partial charge in [-0.2, -0.15) is 9.40 Å². The van der Waals surface area contributed by atoms with E-state index >= 15 is 0 Å². The van der Waals surface area contributed by atoms with Crippen molar-refractivity contribution in [3.05, 3.63) is 11.4 Å². The number of hydrogen-bond acceptors (Lipinski definition) is 5. The van der Waals surface area contributed by atoms with Gasteiger partial charge in [-0.05, 0) is 13.8 Å². The number of aromatic nitrogens is 2. The third kappa shape index (κ3) is 2.08. The standard InChI is InChI=1S/C9H16N4O3S/c1-6-9(7(2)12-11-6)17(14,15)13-3-4-16-5-8(13)10/h8H,3-5,10H2,1-2H3,(H,11,12). The Kier molecular flexibility index (Phi) is 3.21. The van der Waals surface area contributed by atoms with Crippen LogP contribution in [0.1, 0.15) is 11.4 Å². The summed E-state index contributed by atoms with van der Waals surface area (Å²) < 4.78 is 31.3. The molecule has 3 N–H and O–H groups in total. The predicted octanol–water partition coefficient (Wildman–Crippen LogP) is -0.668. The SMILES string of the molecule is Cc1n[nH]c(C)c1S(=O)(=O)N1CCOCC1N. The zero-order valence-electron chi connectivity index (χ0n) is 9.80. The molecule has 8 heteroatoms. The second-order valence-electron chi connectivity index (χ2n) is 4.02. The molecule has 0 aliphatic carbocycles. The molecule has 0 amide bonds. The first-order valence-electron chi connectivity index (χ1n) is 5.31. The molecule has 1 saturated heterocycles. The number of aryl methyl sites for hydroxylation is 2. The number of sulfonamides is 1. The second-order valence-corrected chi connectivity index (χ2v) is 5.85. The summed E-state index contributed by atoms with van der Waals surface area (Å²) in [4.78, 5) is 0.217. The van der Waals surface area contributed by atoms with Crippen LogP contribution in [0.4, 0.5) is 0 Å². The zero-order valence-corrected chi connectivity index (χ0v) is 10.6. The Morgan fingerprint density at radius 1 is 1.53 bits per heavy atom. The zero-order chi connectivity index (χ0) is 12.6. The van der Waals surface area contributed by atoms with Gasteiger partial charge in [0.15, 0.2) is 0 Å². The largest absolute Gasteiger partial charge is 0.377 e. The lowest BCUT2D eigenvalue weighted by atomic mass is 10.4. The van der Waals surface area contributed by atoms with Crippen molar-refractivity contribution in [2.75, 3.05) is 19.8 Å². The molecule has 0 aromatic carbocycles. The summed E-state index contributed by atoms with van der Waals surface area (Å²) >= 11 is 0. The fourth-order valence-electron chi connectivity index (χ4n) is 1.94. The highest BCUT2D eigenvalue weighted by molar-refractivity contribution is 7.89. The molecule has 17 heavy (non-hydrogen) atoms. The van der Waals surface area contributed by atoms with Crippen LogP contribution >= 0.6 is 0 Å². The average Bonchev–Trinajstić information content (AvgIpc) is 2.59. The van der Waals surface area contributed by atoms with Crippen LogP contribution in [0.25, 0.3) is 0 Å². The summed E-state index contributed by atoms with van der Waals surface area (Å²) in [6, 6.07) is 0. The van der Waals surface area contributed by atoms with Crippen LogP contribution < -0.4 is 5.73 Å². The fraction of sp³-hybridized carbons (Fsp3) is 0.667. The molecule has 1 unspecified atom stereocenters. The minimum atomic E-state index is -3.59. The van der Waals surface area contributed by atoms with E-state index in [0.29, 0.717) is 18.0 Å². The van der Waals surface area contributed by atoms with E-state index in [1.165, 1.54) is 4.31 Å². The summed E-state index contributed by atoms with van der Waals surface area (Å²) in [5, 5.41) is 6.57. The van der Waals surface area contributed by atoms with Crippen LogP contribution in [0.2, 0.25) is 0 Å². The van der Waals surface area contributed by atoms with E-state index in [9.17, 15) is 8.42 Å². The Morgan fingerprint density at radius 3 is 2.76 bits per heavy atom. The van der Waals surface area contributed by atoms with E-state index in [4.69, 9.17) is 10.5 Å². The van der Waals surface area contributed by atoms with Crippen molar-refractivity contribution in [3.8, 4) is 0 Å². The van der Waals surface area contributed by atoms with E-state index in [1.54, 1.807) is 13.8 Å². The fourth-order valence-corrected chi connectivity index (χ4v) is 3.76. The van der Waals surface area contributed by atoms with Gasteiger partial charge in [0.2, 0.25) is 10.0 Å². The molecule has 0 spiro atoms. The molecule has 1 fully saturated rings. The molecule has 7 nitrogen and oxygen atoms in total. The number of ether oxygens (including phenoxy) is 1. The van der Waals surface area contributed by atoms with Gasteiger partial charge in [-0.15, -0.1) is 0 Å². The van der Waals surface area contributed by atoms with Crippen molar-refractivity contribution in [2.24, 2.45) is 5.73 Å². The van der Waals surface area contributed by atoms with Crippen LogP contribution in [0, 0.1) is 13.8 Å². The number of rotatable bonds is 2. The Morgan fingerprint density at radius 2 is 2.24 bits per heavy atom. The molecule has 96 valence electrons. The Hall–Kier alpha value is -0.960. The number of nitrogens with zero attached hydrogens (tertiary/aromatic N) is 2. The maximum atomic E-state index is 12.4. The van der Waals surface area contributed by atoms with Gasteiger partial charge in [-0.25, -0.2) is 8.42 Å². The molecule has 2 heterocycles. The van der Waals surface area contributed by atoms with Crippen molar-refractivity contribution in [1.82, 2.24) is 14.5 Å². The molecule has 0 saturated carbocycles. The Balaban J connectivity index is 2.42. The summed E-state index contributed by atoms with van der Waals surface area (Å²) in [5.74, 6) is 0. The van der Waals surface area contributed by atoms with Gasteiger partial charge in [0.05, 0.1) is 30.8 Å². The quantitative estimate of drug-likeness (QED) is 0.734. The monoisotopic (exact) mass is 260 g/mol. The van der Waals surface area contributed by atoms with Crippen molar-refractivity contribution < 1.29 is 13.2 Å². The lowest BCUT2D eigenvalue weighted by Crippen LogP contribution is -2.53. The lowest BCUT2D eigenvalue weighted by molar-refractivity contribution is 0.0349. The van der Waals surface area contributed by atoms with Crippen LogP contribution in [-0.2, 0) is 14.8 Å². The van der Waals surface area contributed by atoms with Crippen molar-refractivity contribution in [3.63, 3.8) is 0 Å². The second kappa shape index (κ2) is 4.37. The van der Waals surface area contributed by atoms with Gasteiger partial charge in [0.25, 0.3) is 0 Å². The Labute approximate surface area is 100.0 Å². The first-order valence-corrected chi connectivity index (χ1v) is 6.75. The van der Waals surface area contributed by atoms with E-state index in [0.717, 1.165) is 0 Å². The summed E-state index contributed by atoms with van der Waals surface area (Å²) in [7, 11) is -3.59. The van der Waals surface area contributed by atoms with Gasteiger partial charge >= 0.3 is 0 Å². The molecule has 0 radical (unpaired) electrons. The van der Waals surface area contributed by atoms with Crippen molar-refractivity contribution >= 4 is 10.0 Å². The van der Waals surface area contributed by atoms with Gasteiger partial charge in [-0.3, -0.25) is 5.10 Å². The number of nitrogens with one attached hydrogen (secondary N) is 1. The summed E-state index contributed by atoms with van der Waals surface area (Å²) in [6.07, 6.45) is -0.637. The number of nitrogens with two attached hydrogens (primary N) is 1. The maximum absolute atomic E-state index is 12.4. The number of aromatic amines is 1. The van der Waals surface area contributed by atoms with Crippen LogP contribution in [0.5, 0.6) is 0 Å². The highest BCUT2D eigenvalue weighted by Crippen LogP contribution is 2.23. The Bertz CT molecular complexity index is 491. The van der Waals surface area contributed by atoms with Crippen molar-refractivity contribution in [2.45, 2.75) is 24.9 Å². The molecular weight excluding hydrogens is 244 g/mol. The number of hydrogen-bond donors (Lipinski definition) is 2. The average molecular weight is 260 g/mol. The van der Waals surface area contributed by atoms with E-state index in [-0.39, 0.29) is 18.0 Å². The minimum absolute atomic E-state index is 0.217. The van der Waals surface area contributed by atoms with Gasteiger partial charge < -0.3 is 10.5 Å². The third-order valence-electron chi connectivity index (χ3n) is 2.74. The molecule has 1 aromatic heterocycles. The summed E-state index contributed by atoms with van der Waals surface area (Å²) in [5.41, 5.74) is 6.75. The van der Waals surface area contributed by atoms with E-state index in [2.05, 4.69) is 10.2 Å². The molecule has 0 bridgehead atoms. The highest BCUT2D eigenvalue weighted by Gasteiger charge is 2.35. The topological polar surface area (TPSA) is 101 Å². The van der Waals surface area contributed by atoms with Gasteiger partial charge in [-0.1, -0.05) is 0 Å². The van der Waals surface area contributed by atoms with Crippen LogP contribution in [0.3, 0.4) is 0 Å². The lowest BCUT2D eigenvalue weighted by Gasteiger charge is -2.31. The predicted molar refractivity (Wildman–Crippen MR) is 60.7 cm³/mol. The first-order chi connectivity index (χ1) is 7.94. The molecule has 1 aliphatic rings. The molecule has 2 rings (SSSR count). The molecular formula is C9H16N4O3S. The highest BCUT2D eigenvalue weighted by atomic mass is 32.2. The van der Waals surface area contributed by atoms with Crippen LogP contribution in [0.15, 0.2) is 4.90 Å². The first kappa shape index (κ1) is 12.5. The number of morpholine rings is 1. The molecule has 1 aliphatic heterocycles. The van der Waals surface area contributed by atoms with E-state index in [1.807, 2.05) is 0 Å². The molecule has 1 aromatic rings. The van der Waals surface area contributed by atoms with E-state index < -0.39 is 16.2 Å². The normalized spacial score (nSPS) is 22.9. The maximum Gasteiger partial charge on any atom is 0.248 e. The van der Waals surface area contributed by atoms with Gasteiger partial charge in [0, 0.05) is 6.54 Å². The smallest absolute Gasteiger partial charge is 0.248 e. The molecule has 1 atom stereocenters. The van der Waals surface area contributed by atoms with Crippen molar-refractivity contribution in [1.29, 1.82) is 0 Å². The van der Waals surface area contributed by atoms with Crippen LogP contribution in [-0.4, -0.2) is 48.8 Å². The minimum Gasteiger partial charge on any atom is -0.377 e. The number of H-pyrrole nitrogens is 1. The van der Waals surface area contributed by atoms with Gasteiger partial charge in [0.1, 0.15) is 4.90 Å². The summed E-state index contributed by atoms with van der Waals surface area (Å²) in [6.45, 7) is 4.19.